The summed E-state index contributed by atoms with van der Waals surface area (Å²) in [7, 11) is 3.67. The Hall–Kier alpha value is -2.46. The Morgan fingerprint density at radius 2 is 2.22 bits per heavy atom. The highest BCUT2D eigenvalue weighted by molar-refractivity contribution is 5.83. The second kappa shape index (κ2) is 5.97. The molecule has 0 radical (unpaired) electrons. The number of hydrogen-bond acceptors (Lipinski definition) is 8. The first-order valence-electron chi connectivity index (χ1n) is 6.92. The number of nitrogens with zero attached hydrogens (tertiary/aromatic N) is 8. The van der Waals surface area contributed by atoms with Crippen LogP contribution in [0.5, 0.6) is 0 Å². The van der Waals surface area contributed by atoms with Gasteiger partial charge in [-0.3, -0.25) is 4.57 Å². The minimum Gasteiger partial charge on any atom is -0.394 e. The van der Waals surface area contributed by atoms with Crippen molar-refractivity contribution in [1.29, 1.82) is 0 Å². The zero-order valence-corrected chi connectivity index (χ0v) is 12.6. The molecule has 23 heavy (non-hydrogen) atoms. The van der Waals surface area contributed by atoms with E-state index in [9.17, 15) is 10.2 Å². The molecule has 11 heteroatoms. The zero-order chi connectivity index (χ0) is 16.6. The normalized spacial score (nSPS) is 27.1. The summed E-state index contributed by atoms with van der Waals surface area (Å²) < 4.78 is 7.17. The van der Waals surface area contributed by atoms with Crippen LogP contribution in [-0.4, -0.2) is 68.7 Å². The van der Waals surface area contributed by atoms with E-state index in [1.807, 2.05) is 14.1 Å². The fourth-order valence-corrected chi connectivity index (χ4v) is 2.67. The molecule has 0 bridgehead atoms. The second-order valence-corrected chi connectivity index (χ2v) is 5.35. The third-order valence-corrected chi connectivity index (χ3v) is 3.74. The quantitative estimate of drug-likeness (QED) is 0.451. The number of ether oxygens (including phenoxy) is 1. The van der Waals surface area contributed by atoms with Crippen molar-refractivity contribution in [3.8, 4) is 0 Å². The van der Waals surface area contributed by atoms with Gasteiger partial charge in [-0.1, -0.05) is 5.11 Å². The number of aromatic nitrogens is 4. The SMILES string of the molecule is CN(C)c1ncnc2c1ncn2[C@@H]1O[C@H](CO)[C@@H](N=[N+]=[N-])[C@H]1O. The van der Waals surface area contributed by atoms with Crippen LogP contribution in [0.25, 0.3) is 21.6 Å². The van der Waals surface area contributed by atoms with Crippen LogP contribution >= 0.6 is 0 Å². The van der Waals surface area contributed by atoms with Gasteiger partial charge in [0.25, 0.3) is 0 Å². The molecular weight excluding hydrogens is 304 g/mol. The maximum absolute atomic E-state index is 10.4. The fourth-order valence-electron chi connectivity index (χ4n) is 2.67. The fraction of sp³-hybridized carbons (Fsp3) is 0.583. The summed E-state index contributed by atoms with van der Waals surface area (Å²) in [5, 5.41) is 23.3. The predicted molar refractivity (Wildman–Crippen MR) is 79.6 cm³/mol. The molecule has 2 aromatic heterocycles. The predicted octanol–water partition coefficient (Wildman–Crippen LogP) is -0.178. The molecule has 3 heterocycles. The third-order valence-electron chi connectivity index (χ3n) is 3.74. The van der Waals surface area contributed by atoms with Gasteiger partial charge in [0.2, 0.25) is 0 Å². The van der Waals surface area contributed by atoms with Crippen LogP contribution in [0.3, 0.4) is 0 Å². The van der Waals surface area contributed by atoms with E-state index in [2.05, 4.69) is 25.0 Å². The average molecular weight is 320 g/mol. The number of anilines is 1. The van der Waals surface area contributed by atoms with Crippen molar-refractivity contribution < 1.29 is 14.9 Å². The average Bonchev–Trinajstić information content (AvgIpc) is 3.09. The molecule has 4 atom stereocenters. The molecule has 2 aromatic rings. The largest absolute Gasteiger partial charge is 0.394 e. The van der Waals surface area contributed by atoms with E-state index in [-0.39, 0.29) is 6.61 Å². The van der Waals surface area contributed by atoms with Crippen LogP contribution in [0.4, 0.5) is 5.82 Å². The molecular formula is C12H16N8O3. The molecule has 1 fully saturated rings. The maximum atomic E-state index is 10.4. The third kappa shape index (κ3) is 2.45. The van der Waals surface area contributed by atoms with Crippen molar-refractivity contribution in [2.45, 2.75) is 24.5 Å². The molecule has 0 aromatic carbocycles. The molecule has 1 saturated heterocycles. The molecule has 3 rings (SSSR count). The van der Waals surface area contributed by atoms with Gasteiger partial charge in [-0.25, -0.2) is 15.0 Å². The van der Waals surface area contributed by atoms with Crippen molar-refractivity contribution in [1.82, 2.24) is 19.5 Å². The van der Waals surface area contributed by atoms with Crippen molar-refractivity contribution in [2.75, 3.05) is 25.6 Å². The molecule has 1 aliphatic rings. The summed E-state index contributed by atoms with van der Waals surface area (Å²) in [6.45, 7) is -0.373. The lowest BCUT2D eigenvalue weighted by Crippen LogP contribution is -2.31. The summed E-state index contributed by atoms with van der Waals surface area (Å²) in [4.78, 5) is 17.1. The van der Waals surface area contributed by atoms with Gasteiger partial charge in [0.15, 0.2) is 23.2 Å². The van der Waals surface area contributed by atoms with Crippen LogP contribution in [0.15, 0.2) is 17.8 Å². The minimum absolute atomic E-state index is 0.373. The number of imidazole rings is 1. The highest BCUT2D eigenvalue weighted by atomic mass is 16.5. The van der Waals surface area contributed by atoms with Gasteiger partial charge in [-0.15, -0.1) is 0 Å². The smallest absolute Gasteiger partial charge is 0.167 e. The van der Waals surface area contributed by atoms with Crippen molar-refractivity contribution in [3.63, 3.8) is 0 Å². The molecule has 0 saturated carbocycles. The first-order valence-corrected chi connectivity index (χ1v) is 6.92. The summed E-state index contributed by atoms with van der Waals surface area (Å²) in [5.74, 6) is 0.631. The molecule has 0 amide bonds. The summed E-state index contributed by atoms with van der Waals surface area (Å²) >= 11 is 0. The van der Waals surface area contributed by atoms with E-state index in [0.717, 1.165) is 0 Å². The van der Waals surface area contributed by atoms with Gasteiger partial charge in [0.05, 0.1) is 25.1 Å². The number of fused-ring (bicyclic) bond motifs is 1. The highest BCUT2D eigenvalue weighted by Crippen LogP contribution is 2.33. The topological polar surface area (TPSA) is 145 Å². The van der Waals surface area contributed by atoms with Crippen LogP contribution < -0.4 is 4.90 Å². The van der Waals surface area contributed by atoms with Gasteiger partial charge in [0, 0.05) is 19.0 Å². The number of aliphatic hydroxyl groups excluding tert-OH is 2. The first-order chi connectivity index (χ1) is 11.1. The molecule has 0 spiro atoms. The lowest BCUT2D eigenvalue weighted by Gasteiger charge is -2.17. The van der Waals surface area contributed by atoms with Gasteiger partial charge < -0.3 is 19.8 Å². The number of azide groups is 1. The summed E-state index contributed by atoms with van der Waals surface area (Å²) in [5.41, 5.74) is 9.64. The Morgan fingerprint density at radius 3 is 2.87 bits per heavy atom. The lowest BCUT2D eigenvalue weighted by molar-refractivity contribution is -0.0488. The van der Waals surface area contributed by atoms with Gasteiger partial charge >= 0.3 is 0 Å². The van der Waals surface area contributed by atoms with Crippen LogP contribution in [-0.2, 0) is 4.74 Å². The Morgan fingerprint density at radius 1 is 1.43 bits per heavy atom. The van der Waals surface area contributed by atoms with E-state index >= 15 is 0 Å². The van der Waals surface area contributed by atoms with Crippen LogP contribution in [0.1, 0.15) is 6.23 Å². The van der Waals surface area contributed by atoms with Gasteiger partial charge in [0.1, 0.15) is 12.4 Å². The van der Waals surface area contributed by atoms with Crippen LogP contribution in [0.2, 0.25) is 0 Å². The Kier molecular flexibility index (Phi) is 4.01. The Bertz CT molecular complexity index is 756. The molecule has 0 aliphatic carbocycles. The number of rotatable bonds is 4. The van der Waals surface area contributed by atoms with Gasteiger partial charge in [-0.05, 0) is 5.53 Å². The van der Waals surface area contributed by atoms with E-state index in [4.69, 9.17) is 10.3 Å². The van der Waals surface area contributed by atoms with Crippen molar-refractivity contribution in [3.05, 3.63) is 23.1 Å². The molecule has 11 nitrogen and oxygen atoms in total. The standard InChI is InChI=1S/C12H16N8O3/c1-19(2)10-8-11(15-4-14-10)20(5-16-8)12-9(22)7(17-18-13)6(3-21)23-12/h4-7,9,12,21-22H,3H2,1-2H3/t6-,7-,9-,12-/m1/s1. The molecule has 2 N–H and O–H groups in total. The monoisotopic (exact) mass is 320 g/mol. The van der Waals surface area contributed by atoms with Crippen molar-refractivity contribution in [2.24, 2.45) is 5.11 Å². The summed E-state index contributed by atoms with van der Waals surface area (Å²) in [6.07, 6.45) is 0.0907. The van der Waals surface area contributed by atoms with Crippen molar-refractivity contribution >= 4 is 17.0 Å². The Balaban J connectivity index is 2.04. The second-order valence-electron chi connectivity index (χ2n) is 5.35. The molecule has 0 unspecified atom stereocenters. The zero-order valence-electron chi connectivity index (χ0n) is 12.6. The van der Waals surface area contributed by atoms with E-state index in [1.54, 1.807) is 9.47 Å². The van der Waals surface area contributed by atoms with Crippen LogP contribution in [0, 0.1) is 0 Å². The Labute approximate surface area is 130 Å². The van der Waals surface area contributed by atoms with E-state index < -0.39 is 24.5 Å². The maximum Gasteiger partial charge on any atom is 0.167 e. The summed E-state index contributed by atoms with van der Waals surface area (Å²) in [6, 6.07) is -0.886. The van der Waals surface area contributed by atoms with E-state index in [1.165, 1.54) is 12.7 Å². The minimum atomic E-state index is -1.13. The lowest BCUT2D eigenvalue weighted by atomic mass is 10.1. The number of hydrogen-bond donors (Lipinski definition) is 2. The van der Waals surface area contributed by atoms with E-state index in [0.29, 0.717) is 17.0 Å². The number of aliphatic hydroxyl groups is 2. The first kappa shape index (κ1) is 15.4. The van der Waals surface area contributed by atoms with Gasteiger partial charge in [-0.2, -0.15) is 0 Å². The highest BCUT2D eigenvalue weighted by Gasteiger charge is 2.44. The molecule has 122 valence electrons. The molecule has 1 aliphatic heterocycles.